The molecule has 2 aromatic rings. The number of benzene rings is 1. The molecule has 6 heteroatoms. The second-order valence-corrected chi connectivity index (χ2v) is 4.57. The van der Waals surface area contributed by atoms with E-state index in [1.807, 2.05) is 11.9 Å². The molecule has 96 valence electrons. The SMILES string of the molecule is CN(CCO)Cc1nc2ccc(Cl)cc2c(=O)[nH]1. The summed E-state index contributed by atoms with van der Waals surface area (Å²) in [6.07, 6.45) is 0. The molecule has 0 amide bonds. The third kappa shape index (κ3) is 2.87. The van der Waals surface area contributed by atoms with Gasteiger partial charge in [0, 0.05) is 11.6 Å². The van der Waals surface area contributed by atoms with Crippen LogP contribution in [0.15, 0.2) is 23.0 Å². The van der Waals surface area contributed by atoms with E-state index in [0.717, 1.165) is 0 Å². The molecule has 0 unspecified atom stereocenters. The molecule has 0 atom stereocenters. The van der Waals surface area contributed by atoms with Crippen molar-refractivity contribution in [2.24, 2.45) is 0 Å². The van der Waals surface area contributed by atoms with Crippen LogP contribution in [0.25, 0.3) is 10.9 Å². The number of hydrogen-bond acceptors (Lipinski definition) is 4. The number of nitrogens with one attached hydrogen (secondary N) is 1. The molecule has 0 aliphatic carbocycles. The van der Waals surface area contributed by atoms with Gasteiger partial charge in [-0.15, -0.1) is 0 Å². The lowest BCUT2D eigenvalue weighted by Crippen LogP contribution is -2.24. The van der Waals surface area contributed by atoms with Crippen LogP contribution in [0.3, 0.4) is 0 Å². The first-order chi connectivity index (χ1) is 8.60. The van der Waals surface area contributed by atoms with E-state index in [1.54, 1.807) is 18.2 Å². The van der Waals surface area contributed by atoms with E-state index >= 15 is 0 Å². The Labute approximate surface area is 109 Å². The number of aliphatic hydroxyl groups is 1. The molecule has 2 N–H and O–H groups in total. The number of hydrogen-bond donors (Lipinski definition) is 2. The van der Waals surface area contributed by atoms with Crippen LogP contribution in [0.1, 0.15) is 5.82 Å². The molecule has 0 fully saturated rings. The maximum absolute atomic E-state index is 11.9. The summed E-state index contributed by atoms with van der Waals surface area (Å²) in [6.45, 7) is 1.08. The summed E-state index contributed by atoms with van der Waals surface area (Å²) in [4.78, 5) is 20.8. The van der Waals surface area contributed by atoms with Gasteiger partial charge in [0.1, 0.15) is 5.82 Å². The van der Waals surface area contributed by atoms with Gasteiger partial charge < -0.3 is 10.1 Å². The first-order valence-electron chi connectivity index (χ1n) is 5.58. The molecule has 0 saturated heterocycles. The van der Waals surface area contributed by atoms with Gasteiger partial charge in [-0.1, -0.05) is 11.6 Å². The molecule has 0 radical (unpaired) electrons. The average molecular weight is 268 g/mol. The predicted octanol–water partition coefficient (Wildman–Crippen LogP) is 1.00. The fraction of sp³-hybridized carbons (Fsp3) is 0.333. The van der Waals surface area contributed by atoms with Crippen LogP contribution in [0, 0.1) is 0 Å². The Balaban J connectivity index is 2.37. The Kier molecular flexibility index (Phi) is 3.96. The minimum atomic E-state index is -0.199. The quantitative estimate of drug-likeness (QED) is 0.867. The summed E-state index contributed by atoms with van der Waals surface area (Å²) in [5, 5.41) is 9.82. The van der Waals surface area contributed by atoms with Gasteiger partial charge in [-0.3, -0.25) is 9.69 Å². The Morgan fingerprint density at radius 2 is 2.28 bits per heavy atom. The number of aromatic amines is 1. The molecule has 0 spiro atoms. The number of halogens is 1. The first kappa shape index (κ1) is 13.0. The van der Waals surface area contributed by atoms with E-state index in [4.69, 9.17) is 16.7 Å². The molecule has 2 rings (SSSR count). The summed E-state index contributed by atoms with van der Waals surface area (Å²) < 4.78 is 0. The van der Waals surface area contributed by atoms with Crippen LogP contribution < -0.4 is 5.56 Å². The second kappa shape index (κ2) is 5.48. The van der Waals surface area contributed by atoms with Crippen LogP contribution in [-0.2, 0) is 6.54 Å². The Morgan fingerprint density at radius 1 is 1.50 bits per heavy atom. The summed E-state index contributed by atoms with van der Waals surface area (Å²) in [5.74, 6) is 0.575. The minimum Gasteiger partial charge on any atom is -0.395 e. The highest BCUT2D eigenvalue weighted by Gasteiger charge is 2.06. The van der Waals surface area contributed by atoms with Crippen molar-refractivity contribution in [3.8, 4) is 0 Å². The Hall–Kier alpha value is -1.43. The molecule has 0 aliphatic rings. The van der Waals surface area contributed by atoms with Crippen molar-refractivity contribution in [2.75, 3.05) is 20.2 Å². The number of nitrogens with zero attached hydrogens (tertiary/aromatic N) is 2. The highest BCUT2D eigenvalue weighted by Crippen LogP contribution is 2.14. The molecule has 1 heterocycles. The highest BCUT2D eigenvalue weighted by molar-refractivity contribution is 6.31. The molecule has 1 aromatic heterocycles. The van der Waals surface area contributed by atoms with Gasteiger partial charge in [0.05, 0.1) is 24.1 Å². The van der Waals surface area contributed by atoms with Crippen molar-refractivity contribution in [3.63, 3.8) is 0 Å². The zero-order valence-electron chi connectivity index (χ0n) is 9.98. The lowest BCUT2D eigenvalue weighted by atomic mass is 10.2. The normalized spacial score (nSPS) is 11.3. The molecule has 0 saturated carbocycles. The number of rotatable bonds is 4. The van der Waals surface area contributed by atoms with Crippen molar-refractivity contribution in [2.45, 2.75) is 6.54 Å². The van der Waals surface area contributed by atoms with Gasteiger partial charge in [-0.05, 0) is 25.2 Å². The number of aliphatic hydroxyl groups excluding tert-OH is 1. The van der Waals surface area contributed by atoms with Gasteiger partial charge in [-0.2, -0.15) is 0 Å². The average Bonchev–Trinajstić information content (AvgIpc) is 2.30. The van der Waals surface area contributed by atoms with Crippen molar-refractivity contribution >= 4 is 22.5 Å². The molecular formula is C12H14ClN3O2. The minimum absolute atomic E-state index is 0.0733. The molecule has 1 aromatic carbocycles. The van der Waals surface area contributed by atoms with E-state index in [1.165, 1.54) is 0 Å². The van der Waals surface area contributed by atoms with Crippen LogP contribution in [0.2, 0.25) is 5.02 Å². The summed E-state index contributed by atoms with van der Waals surface area (Å²) in [6, 6.07) is 5.03. The molecular weight excluding hydrogens is 254 g/mol. The van der Waals surface area contributed by atoms with Crippen molar-refractivity contribution in [1.29, 1.82) is 0 Å². The maximum Gasteiger partial charge on any atom is 0.258 e. The van der Waals surface area contributed by atoms with Gasteiger partial charge in [0.2, 0.25) is 0 Å². The van der Waals surface area contributed by atoms with Crippen LogP contribution in [0.5, 0.6) is 0 Å². The second-order valence-electron chi connectivity index (χ2n) is 4.14. The van der Waals surface area contributed by atoms with Gasteiger partial charge in [0.15, 0.2) is 0 Å². The van der Waals surface area contributed by atoms with E-state index in [-0.39, 0.29) is 12.2 Å². The number of aromatic nitrogens is 2. The van der Waals surface area contributed by atoms with Crippen molar-refractivity contribution < 1.29 is 5.11 Å². The van der Waals surface area contributed by atoms with Crippen LogP contribution in [-0.4, -0.2) is 40.2 Å². The number of likely N-dealkylation sites (N-methyl/N-ethyl adjacent to an activating group) is 1. The fourth-order valence-electron chi connectivity index (χ4n) is 1.74. The molecule has 0 bridgehead atoms. The number of fused-ring (bicyclic) bond motifs is 1. The Bertz CT molecular complexity index is 612. The highest BCUT2D eigenvalue weighted by atomic mass is 35.5. The van der Waals surface area contributed by atoms with Gasteiger partial charge >= 0.3 is 0 Å². The third-order valence-corrected chi connectivity index (χ3v) is 2.85. The lowest BCUT2D eigenvalue weighted by Gasteiger charge is -2.14. The standard InChI is InChI=1S/C12H14ClN3O2/c1-16(4-5-17)7-11-14-10-3-2-8(13)6-9(10)12(18)15-11/h2-3,6,17H,4-5,7H2,1H3,(H,14,15,18). The van der Waals surface area contributed by atoms with Gasteiger partial charge in [0.25, 0.3) is 5.56 Å². The fourth-order valence-corrected chi connectivity index (χ4v) is 1.91. The smallest absolute Gasteiger partial charge is 0.258 e. The van der Waals surface area contributed by atoms with E-state index < -0.39 is 0 Å². The lowest BCUT2D eigenvalue weighted by molar-refractivity contribution is 0.214. The zero-order valence-corrected chi connectivity index (χ0v) is 10.7. The van der Waals surface area contributed by atoms with Crippen molar-refractivity contribution in [3.05, 3.63) is 39.4 Å². The predicted molar refractivity (Wildman–Crippen MR) is 70.8 cm³/mol. The molecule has 5 nitrogen and oxygen atoms in total. The van der Waals surface area contributed by atoms with Crippen molar-refractivity contribution in [1.82, 2.24) is 14.9 Å². The zero-order chi connectivity index (χ0) is 13.1. The summed E-state index contributed by atoms with van der Waals surface area (Å²) in [5.41, 5.74) is 0.422. The van der Waals surface area contributed by atoms with E-state index in [0.29, 0.717) is 34.8 Å². The monoisotopic (exact) mass is 267 g/mol. The van der Waals surface area contributed by atoms with Crippen LogP contribution in [0.4, 0.5) is 0 Å². The van der Waals surface area contributed by atoms with Crippen LogP contribution >= 0.6 is 11.6 Å². The topological polar surface area (TPSA) is 69.2 Å². The van der Waals surface area contributed by atoms with E-state index in [2.05, 4.69) is 9.97 Å². The molecule has 0 aliphatic heterocycles. The maximum atomic E-state index is 11.9. The first-order valence-corrected chi connectivity index (χ1v) is 5.96. The van der Waals surface area contributed by atoms with Gasteiger partial charge in [-0.25, -0.2) is 4.98 Å². The molecule has 18 heavy (non-hydrogen) atoms. The summed E-state index contributed by atoms with van der Waals surface area (Å²) >= 11 is 5.84. The largest absolute Gasteiger partial charge is 0.395 e. The third-order valence-electron chi connectivity index (χ3n) is 2.62. The number of H-pyrrole nitrogens is 1. The Morgan fingerprint density at radius 3 is 3.00 bits per heavy atom. The summed E-state index contributed by atoms with van der Waals surface area (Å²) in [7, 11) is 1.85. The van der Waals surface area contributed by atoms with E-state index in [9.17, 15) is 4.79 Å².